The fourth-order valence-corrected chi connectivity index (χ4v) is 2.99. The van der Waals surface area contributed by atoms with E-state index in [0.29, 0.717) is 24.3 Å². The second-order valence-electron chi connectivity index (χ2n) is 4.85. The highest BCUT2D eigenvalue weighted by atomic mass is 127. The van der Waals surface area contributed by atoms with Gasteiger partial charge in [-0.1, -0.05) is 11.6 Å². The van der Waals surface area contributed by atoms with E-state index >= 15 is 0 Å². The van der Waals surface area contributed by atoms with Crippen LogP contribution in [0.1, 0.15) is 10.6 Å². The fraction of sp³-hybridized carbons (Fsp3) is 0.308. The van der Waals surface area contributed by atoms with Crippen LogP contribution < -0.4 is 16.0 Å². The number of rotatable bonds is 2. The first-order valence-corrected chi connectivity index (χ1v) is 8.05. The Hall–Kier alpha value is -1.26. The molecule has 0 atom stereocenters. The van der Waals surface area contributed by atoms with Gasteiger partial charge in [0.25, 0.3) is 5.91 Å². The average Bonchev–Trinajstić information content (AvgIpc) is 2.53. The van der Waals surface area contributed by atoms with E-state index in [2.05, 4.69) is 15.3 Å². The first-order chi connectivity index (χ1) is 10.5. The number of halogens is 3. The minimum atomic E-state index is -0.789. The lowest BCUT2D eigenvalue weighted by Gasteiger charge is -2.29. The molecule has 1 saturated heterocycles. The van der Waals surface area contributed by atoms with Gasteiger partial charge in [0.1, 0.15) is 11.3 Å². The van der Waals surface area contributed by atoms with Crippen molar-refractivity contribution in [1.82, 2.24) is 15.3 Å². The Balaban J connectivity index is 2.30. The van der Waals surface area contributed by atoms with E-state index in [9.17, 15) is 9.18 Å². The molecule has 1 aliphatic heterocycles. The van der Waals surface area contributed by atoms with Crippen molar-refractivity contribution in [1.29, 1.82) is 0 Å². The van der Waals surface area contributed by atoms with Crippen molar-refractivity contribution in [2.24, 2.45) is 5.73 Å². The molecule has 3 N–H and O–H groups in total. The second kappa shape index (κ2) is 6.09. The van der Waals surface area contributed by atoms with Crippen LogP contribution in [0.2, 0.25) is 5.02 Å². The lowest BCUT2D eigenvalue weighted by Crippen LogP contribution is -2.44. The number of nitrogens with one attached hydrogen (secondary N) is 1. The maximum Gasteiger partial charge on any atom is 0.286 e. The summed E-state index contributed by atoms with van der Waals surface area (Å²) in [6.45, 7) is 2.93. The first-order valence-electron chi connectivity index (χ1n) is 6.59. The first kappa shape index (κ1) is 15.6. The summed E-state index contributed by atoms with van der Waals surface area (Å²) >= 11 is 7.89. The molecule has 0 unspecified atom stereocenters. The van der Waals surface area contributed by atoms with E-state index in [-0.39, 0.29) is 19.9 Å². The lowest BCUT2D eigenvalue weighted by molar-refractivity contribution is 0.0991. The molecule has 2 aromatic rings. The van der Waals surface area contributed by atoms with Gasteiger partial charge in [-0.15, -0.1) is 0 Å². The Morgan fingerprint density at radius 1 is 1.41 bits per heavy atom. The number of hydrogen-bond donors (Lipinski definition) is 2. The standard InChI is InChI=1S/C13H12ClFIN5O/c14-7-5-6-10(8(15)9(7)16)19-12(11(17)22)20-13(6)21-3-1-18-2-4-21/h5,18H,1-4H2,(H2,17,22). The molecule has 6 nitrogen and oxygen atoms in total. The summed E-state index contributed by atoms with van der Waals surface area (Å²) in [5.74, 6) is -1.07. The number of aromatic nitrogens is 2. The number of piperazine rings is 1. The SMILES string of the molecule is NC(=O)c1nc(N2CCNCC2)c2cc(Cl)c(I)c(F)c2n1. The highest BCUT2D eigenvalue weighted by Gasteiger charge is 2.22. The smallest absolute Gasteiger partial charge is 0.286 e. The molecule has 0 spiro atoms. The number of primary amides is 1. The van der Waals surface area contributed by atoms with Crippen LogP contribution >= 0.6 is 34.2 Å². The van der Waals surface area contributed by atoms with Crippen LogP contribution in [0.15, 0.2) is 6.07 Å². The summed E-state index contributed by atoms with van der Waals surface area (Å²) in [4.78, 5) is 21.6. The number of anilines is 1. The molecule has 0 bridgehead atoms. The zero-order chi connectivity index (χ0) is 15.9. The van der Waals surface area contributed by atoms with Crippen LogP contribution in [0.3, 0.4) is 0 Å². The van der Waals surface area contributed by atoms with E-state index in [0.717, 1.165) is 13.1 Å². The van der Waals surface area contributed by atoms with Crippen molar-refractivity contribution >= 4 is 56.8 Å². The molecule has 116 valence electrons. The van der Waals surface area contributed by atoms with Crippen molar-refractivity contribution in [3.8, 4) is 0 Å². The third-order valence-corrected chi connectivity index (χ3v) is 5.12. The van der Waals surface area contributed by atoms with Crippen LogP contribution in [0.25, 0.3) is 10.9 Å². The van der Waals surface area contributed by atoms with Gasteiger partial charge >= 0.3 is 0 Å². The Morgan fingerprint density at radius 3 is 2.73 bits per heavy atom. The van der Waals surface area contributed by atoms with Crippen LogP contribution in [-0.2, 0) is 0 Å². The Kier molecular flexibility index (Phi) is 4.33. The van der Waals surface area contributed by atoms with Gasteiger partial charge in [0.05, 0.1) is 8.59 Å². The zero-order valence-corrected chi connectivity index (χ0v) is 14.3. The van der Waals surface area contributed by atoms with E-state index in [1.807, 2.05) is 4.90 Å². The second-order valence-corrected chi connectivity index (χ2v) is 6.34. The summed E-state index contributed by atoms with van der Waals surface area (Å²) in [5, 5.41) is 3.99. The molecule has 22 heavy (non-hydrogen) atoms. The number of carbonyl (C=O) groups is 1. The molecule has 2 heterocycles. The molecule has 3 rings (SSSR count). The lowest BCUT2D eigenvalue weighted by atomic mass is 10.2. The molecular weight excluding hydrogens is 424 g/mol. The molecule has 1 amide bonds. The predicted molar refractivity (Wildman–Crippen MR) is 90.8 cm³/mol. The third kappa shape index (κ3) is 2.70. The van der Waals surface area contributed by atoms with Crippen molar-refractivity contribution in [3.05, 3.63) is 26.3 Å². The number of carbonyl (C=O) groups excluding carboxylic acids is 1. The van der Waals surface area contributed by atoms with E-state index in [1.165, 1.54) is 0 Å². The number of amides is 1. The summed E-state index contributed by atoms with van der Waals surface area (Å²) in [7, 11) is 0. The summed E-state index contributed by atoms with van der Waals surface area (Å²) in [5.41, 5.74) is 5.34. The average molecular weight is 436 g/mol. The van der Waals surface area contributed by atoms with Crippen molar-refractivity contribution < 1.29 is 9.18 Å². The highest BCUT2D eigenvalue weighted by Crippen LogP contribution is 2.33. The van der Waals surface area contributed by atoms with Gasteiger partial charge in [0.15, 0.2) is 5.82 Å². The van der Waals surface area contributed by atoms with Crippen molar-refractivity contribution in [2.75, 3.05) is 31.1 Å². The Labute approximate surface area is 144 Å². The van der Waals surface area contributed by atoms with Crippen LogP contribution in [0, 0.1) is 9.39 Å². The Bertz CT molecular complexity index is 766. The van der Waals surface area contributed by atoms with E-state index in [4.69, 9.17) is 17.3 Å². The highest BCUT2D eigenvalue weighted by molar-refractivity contribution is 14.1. The monoisotopic (exact) mass is 435 g/mol. The minimum Gasteiger partial charge on any atom is -0.363 e. The molecule has 0 saturated carbocycles. The number of nitrogens with zero attached hydrogens (tertiary/aromatic N) is 3. The number of hydrogen-bond acceptors (Lipinski definition) is 5. The van der Waals surface area contributed by atoms with Gasteiger partial charge in [-0.2, -0.15) is 0 Å². The minimum absolute atomic E-state index is 0.0612. The summed E-state index contributed by atoms with van der Waals surface area (Å²) in [6, 6.07) is 1.63. The van der Waals surface area contributed by atoms with Crippen LogP contribution in [-0.4, -0.2) is 42.1 Å². The molecule has 9 heteroatoms. The molecule has 1 aliphatic rings. The van der Waals surface area contributed by atoms with Gasteiger partial charge in [-0.05, 0) is 28.7 Å². The van der Waals surface area contributed by atoms with Crippen LogP contribution in [0.4, 0.5) is 10.2 Å². The van der Waals surface area contributed by atoms with E-state index < -0.39 is 11.7 Å². The molecule has 1 fully saturated rings. The topological polar surface area (TPSA) is 84.1 Å². The largest absolute Gasteiger partial charge is 0.363 e. The summed E-state index contributed by atoms with van der Waals surface area (Å²) < 4.78 is 14.7. The number of fused-ring (bicyclic) bond motifs is 1. The number of nitrogens with two attached hydrogens (primary N) is 1. The Morgan fingerprint density at radius 2 is 2.09 bits per heavy atom. The maximum atomic E-state index is 14.5. The fourth-order valence-electron chi connectivity index (χ4n) is 2.38. The van der Waals surface area contributed by atoms with Crippen molar-refractivity contribution in [2.45, 2.75) is 0 Å². The molecule has 1 aromatic carbocycles. The van der Waals surface area contributed by atoms with Gasteiger partial charge in [0, 0.05) is 31.6 Å². The maximum absolute atomic E-state index is 14.5. The molecular formula is C13H12ClFIN5O. The molecule has 1 aromatic heterocycles. The molecule has 0 radical (unpaired) electrons. The van der Waals surface area contributed by atoms with Gasteiger partial charge in [0.2, 0.25) is 5.82 Å². The number of benzene rings is 1. The van der Waals surface area contributed by atoms with E-state index in [1.54, 1.807) is 28.7 Å². The van der Waals surface area contributed by atoms with Crippen molar-refractivity contribution in [3.63, 3.8) is 0 Å². The van der Waals surface area contributed by atoms with Gasteiger partial charge in [-0.3, -0.25) is 4.79 Å². The third-order valence-electron chi connectivity index (χ3n) is 3.44. The normalized spacial score (nSPS) is 15.3. The van der Waals surface area contributed by atoms with Crippen LogP contribution in [0.5, 0.6) is 0 Å². The summed E-state index contributed by atoms with van der Waals surface area (Å²) in [6.07, 6.45) is 0. The van der Waals surface area contributed by atoms with Gasteiger partial charge in [-0.25, -0.2) is 14.4 Å². The molecule has 0 aliphatic carbocycles. The van der Waals surface area contributed by atoms with Gasteiger partial charge < -0.3 is 16.0 Å². The quantitative estimate of drug-likeness (QED) is 0.552. The zero-order valence-electron chi connectivity index (χ0n) is 11.4. The predicted octanol–water partition coefficient (Wildman–Crippen LogP) is 1.54.